The number of hydrogen-bond donors (Lipinski definition) is 0. The zero-order chi connectivity index (χ0) is 4.00. The van der Waals surface area contributed by atoms with Gasteiger partial charge in [0.1, 0.15) is 0 Å². The third-order valence-corrected chi connectivity index (χ3v) is 0. The molecule has 0 fully saturated rings. The van der Waals surface area contributed by atoms with E-state index in [1.165, 1.54) is 0 Å². The van der Waals surface area contributed by atoms with Crippen molar-refractivity contribution in [3.05, 3.63) is 0 Å². The Hall–Kier alpha value is 0.546. The molecule has 5 heavy (non-hydrogen) atoms. The van der Waals surface area contributed by atoms with Gasteiger partial charge in [-0.3, -0.25) is 0 Å². The van der Waals surface area contributed by atoms with Crippen molar-refractivity contribution in [1.82, 2.24) is 0 Å². The van der Waals surface area contributed by atoms with E-state index in [0.29, 0.717) is 0 Å². The molecule has 0 aromatic rings. The molecule has 0 N–H and O–H groups in total. The maximum atomic E-state index is 8.25. The molecule has 0 amide bonds. The number of rotatable bonds is 0. The summed E-state index contributed by atoms with van der Waals surface area (Å²) in [4.78, 5) is 0. The van der Waals surface area contributed by atoms with E-state index in [1.807, 2.05) is 0 Å². The molecule has 0 bridgehead atoms. The Labute approximate surface area is 43.4 Å². The standard InChI is InChI=1S/2FO.Mg/c2*1-2;/q2*-1;+2. The molecule has 0 aromatic carbocycles. The van der Waals surface area contributed by atoms with E-state index in [-0.39, 0.29) is 23.1 Å². The summed E-state index contributed by atoms with van der Waals surface area (Å²) in [5, 5.41) is 13.5. The number of halogens is 2. The molecule has 28 valence electrons. The first-order chi connectivity index (χ1) is 2.00. The van der Waals surface area contributed by atoms with Crippen LogP contribution in [0.25, 0.3) is 0 Å². The van der Waals surface area contributed by atoms with Crippen LogP contribution in [0.4, 0.5) is 9.05 Å². The molecule has 2 nitrogen and oxygen atoms in total. The average molecular weight is 94.3 g/mol. The zero-order valence-corrected chi connectivity index (χ0v) is 3.69. The molecule has 0 aliphatic heterocycles. The summed E-state index contributed by atoms with van der Waals surface area (Å²) in [5.41, 5.74) is 0. The summed E-state index contributed by atoms with van der Waals surface area (Å²) < 4.78 is 16.5. The van der Waals surface area contributed by atoms with Crippen molar-refractivity contribution in [3.8, 4) is 0 Å². The van der Waals surface area contributed by atoms with E-state index < -0.39 is 0 Å². The van der Waals surface area contributed by atoms with Crippen LogP contribution in [-0.2, 0) is 0 Å². The van der Waals surface area contributed by atoms with E-state index in [0.717, 1.165) is 0 Å². The summed E-state index contributed by atoms with van der Waals surface area (Å²) >= 11 is 0. The molecule has 0 aliphatic rings. The van der Waals surface area contributed by atoms with Crippen LogP contribution >= 0.6 is 0 Å². The van der Waals surface area contributed by atoms with E-state index in [2.05, 4.69) is 0 Å². The quantitative estimate of drug-likeness (QED) is 0.329. The zero-order valence-electron chi connectivity index (χ0n) is 2.28. The van der Waals surface area contributed by atoms with Crippen LogP contribution in [0.1, 0.15) is 0 Å². The largest absolute Gasteiger partial charge is 2.00 e. The minimum atomic E-state index is 0. The first-order valence-electron chi connectivity index (χ1n) is 0.309. The molecule has 5 heteroatoms. The van der Waals surface area contributed by atoms with Gasteiger partial charge in [0.15, 0.2) is 0 Å². The van der Waals surface area contributed by atoms with Crippen molar-refractivity contribution in [2.75, 3.05) is 0 Å². The minimum Gasteiger partial charge on any atom is -0.682 e. The molecule has 0 saturated carbocycles. The van der Waals surface area contributed by atoms with Crippen LogP contribution in [-0.4, -0.2) is 23.1 Å². The molecule has 0 rings (SSSR count). The SMILES string of the molecule is [Mg+2].[O-]F.[O-]F. The summed E-state index contributed by atoms with van der Waals surface area (Å²) in [6.45, 7) is 0. The van der Waals surface area contributed by atoms with E-state index >= 15 is 0 Å². The van der Waals surface area contributed by atoms with Crippen LogP contribution in [0.5, 0.6) is 0 Å². The fraction of sp³-hybridized carbons (Fsp3) is 0. The van der Waals surface area contributed by atoms with Gasteiger partial charge in [0, 0.05) is 0 Å². The van der Waals surface area contributed by atoms with Crippen LogP contribution in [0.2, 0.25) is 0 Å². The molecule has 0 unspecified atom stereocenters. The fourth-order valence-corrected chi connectivity index (χ4v) is 0. The van der Waals surface area contributed by atoms with Crippen LogP contribution in [0, 0.1) is 0 Å². The maximum absolute atomic E-state index is 8.25. The normalized spacial score (nSPS) is 2.40. The van der Waals surface area contributed by atoms with Crippen molar-refractivity contribution in [1.29, 1.82) is 0 Å². The van der Waals surface area contributed by atoms with Gasteiger partial charge in [-0.15, -0.1) is 0 Å². The monoisotopic (exact) mass is 94.0 g/mol. The van der Waals surface area contributed by atoms with Gasteiger partial charge < -0.3 is 19.7 Å². The van der Waals surface area contributed by atoms with Gasteiger partial charge in [-0.25, -0.2) is 0 Å². The van der Waals surface area contributed by atoms with Gasteiger partial charge in [-0.2, -0.15) is 0 Å². The second-order valence-electron chi connectivity index (χ2n) is 0. The van der Waals surface area contributed by atoms with Crippen molar-refractivity contribution in [2.45, 2.75) is 0 Å². The first kappa shape index (κ1) is 17.7. The molecule has 0 atom stereocenters. The summed E-state index contributed by atoms with van der Waals surface area (Å²) in [6.07, 6.45) is 0. The van der Waals surface area contributed by atoms with Gasteiger partial charge in [0.25, 0.3) is 0 Å². The van der Waals surface area contributed by atoms with Crippen LogP contribution in [0.15, 0.2) is 0 Å². The summed E-state index contributed by atoms with van der Waals surface area (Å²) in [5.74, 6) is 0. The van der Waals surface area contributed by atoms with E-state index in [4.69, 9.17) is 19.7 Å². The van der Waals surface area contributed by atoms with Gasteiger partial charge >= 0.3 is 23.1 Å². The van der Waals surface area contributed by atoms with Crippen molar-refractivity contribution < 1.29 is 19.7 Å². The van der Waals surface area contributed by atoms with Crippen molar-refractivity contribution >= 4 is 23.1 Å². The Morgan fingerprint density at radius 3 is 0.800 bits per heavy atom. The predicted molar refractivity (Wildman–Crippen MR) is 7.97 cm³/mol. The third-order valence-electron chi connectivity index (χ3n) is 0. The minimum absolute atomic E-state index is 0. The van der Waals surface area contributed by atoms with Gasteiger partial charge in [-0.05, 0) is 0 Å². The van der Waals surface area contributed by atoms with E-state index in [1.54, 1.807) is 0 Å². The Morgan fingerprint density at radius 1 is 0.800 bits per heavy atom. The van der Waals surface area contributed by atoms with Gasteiger partial charge in [-0.1, -0.05) is 0 Å². The Balaban J connectivity index is -0.0000000133. The van der Waals surface area contributed by atoms with Crippen LogP contribution in [0.3, 0.4) is 0 Å². The molecule has 0 spiro atoms. The summed E-state index contributed by atoms with van der Waals surface area (Å²) in [6, 6.07) is 0. The van der Waals surface area contributed by atoms with Gasteiger partial charge in [0.05, 0.1) is 0 Å². The topological polar surface area (TPSA) is 46.1 Å². The number of hydrogen-bond acceptors (Lipinski definition) is 2. The Morgan fingerprint density at radius 2 is 0.800 bits per heavy atom. The second kappa shape index (κ2) is 192. The Kier molecular flexibility index (Phi) is 678. The van der Waals surface area contributed by atoms with Crippen LogP contribution < -0.4 is 10.6 Å². The molecule has 0 aromatic heterocycles. The van der Waals surface area contributed by atoms with E-state index in [9.17, 15) is 0 Å². The second-order valence-corrected chi connectivity index (χ2v) is 0. The van der Waals surface area contributed by atoms with Crippen molar-refractivity contribution in [3.63, 3.8) is 0 Å². The third kappa shape index (κ3) is 98.8. The van der Waals surface area contributed by atoms with Crippen molar-refractivity contribution in [2.24, 2.45) is 0 Å². The molecular weight excluding hydrogens is 94.3 g/mol. The molecule has 0 saturated heterocycles. The summed E-state index contributed by atoms with van der Waals surface area (Å²) in [7, 11) is 0. The fourth-order valence-electron chi connectivity index (χ4n) is 0. The van der Waals surface area contributed by atoms with Gasteiger partial charge in [0.2, 0.25) is 0 Å². The molecule has 0 heterocycles. The Bertz CT molecular complexity index is 7.61. The first-order valence-corrected chi connectivity index (χ1v) is 0.309. The molecule has 0 radical (unpaired) electrons. The molecule has 0 aliphatic carbocycles. The average Bonchev–Trinajstić information content (AvgIpc) is 1.50. The molecular formula is F2MgO2. The smallest absolute Gasteiger partial charge is 0.682 e. The predicted octanol–water partition coefficient (Wildman–Crippen LogP) is -1.92. The maximum Gasteiger partial charge on any atom is 2.00 e.